The molecule has 2 amide bonds. The SMILES string of the molecule is CCOC(=O)NNC(=O)c1ccc(COc2ccc(F)cc2)o1. The van der Waals surface area contributed by atoms with Crippen LogP contribution in [0.1, 0.15) is 23.2 Å². The number of ether oxygens (including phenoxy) is 2. The summed E-state index contributed by atoms with van der Waals surface area (Å²) in [4.78, 5) is 22.8. The van der Waals surface area contributed by atoms with Gasteiger partial charge in [-0.2, -0.15) is 0 Å². The molecule has 0 fully saturated rings. The van der Waals surface area contributed by atoms with E-state index in [1.165, 1.54) is 30.3 Å². The molecule has 1 aromatic carbocycles. The molecule has 0 aliphatic carbocycles. The molecule has 8 heteroatoms. The molecule has 1 heterocycles. The highest BCUT2D eigenvalue weighted by Gasteiger charge is 2.12. The van der Waals surface area contributed by atoms with Gasteiger partial charge in [0.25, 0.3) is 0 Å². The van der Waals surface area contributed by atoms with Gasteiger partial charge in [-0.05, 0) is 43.3 Å². The number of hydrazine groups is 1. The highest BCUT2D eigenvalue weighted by atomic mass is 19.1. The summed E-state index contributed by atoms with van der Waals surface area (Å²) in [5.74, 6) is -0.123. The monoisotopic (exact) mass is 322 g/mol. The lowest BCUT2D eigenvalue weighted by atomic mass is 10.3. The maximum Gasteiger partial charge on any atom is 0.426 e. The Bertz CT molecular complexity index is 669. The molecule has 0 saturated heterocycles. The number of hydrogen-bond acceptors (Lipinski definition) is 5. The van der Waals surface area contributed by atoms with Crippen molar-refractivity contribution in [2.75, 3.05) is 6.61 Å². The van der Waals surface area contributed by atoms with E-state index in [4.69, 9.17) is 9.15 Å². The lowest BCUT2D eigenvalue weighted by molar-refractivity contribution is 0.0881. The zero-order valence-corrected chi connectivity index (χ0v) is 12.3. The van der Waals surface area contributed by atoms with Gasteiger partial charge in [0, 0.05) is 0 Å². The van der Waals surface area contributed by atoms with Crippen LogP contribution in [0.2, 0.25) is 0 Å². The predicted molar refractivity (Wildman–Crippen MR) is 77.1 cm³/mol. The first kappa shape index (κ1) is 16.3. The minimum atomic E-state index is -0.771. The summed E-state index contributed by atoms with van der Waals surface area (Å²) in [7, 11) is 0. The van der Waals surface area contributed by atoms with E-state index in [-0.39, 0.29) is 24.8 Å². The number of nitrogens with one attached hydrogen (secondary N) is 2. The van der Waals surface area contributed by atoms with Gasteiger partial charge in [0.1, 0.15) is 23.9 Å². The van der Waals surface area contributed by atoms with Gasteiger partial charge in [-0.1, -0.05) is 0 Å². The molecule has 0 atom stereocenters. The average Bonchev–Trinajstić information content (AvgIpc) is 3.01. The minimum absolute atomic E-state index is 0.000459. The lowest BCUT2D eigenvalue weighted by Crippen LogP contribution is -2.41. The van der Waals surface area contributed by atoms with Gasteiger partial charge in [0.05, 0.1) is 6.61 Å². The summed E-state index contributed by atoms with van der Waals surface area (Å²) >= 11 is 0. The van der Waals surface area contributed by atoms with Gasteiger partial charge in [0.15, 0.2) is 5.76 Å². The van der Waals surface area contributed by atoms with Crippen molar-refractivity contribution in [3.63, 3.8) is 0 Å². The van der Waals surface area contributed by atoms with Gasteiger partial charge in [-0.25, -0.2) is 14.6 Å². The van der Waals surface area contributed by atoms with Gasteiger partial charge in [-0.15, -0.1) is 0 Å². The molecule has 0 aliphatic heterocycles. The van der Waals surface area contributed by atoms with Gasteiger partial charge < -0.3 is 13.9 Å². The van der Waals surface area contributed by atoms with Gasteiger partial charge in [-0.3, -0.25) is 10.2 Å². The van der Waals surface area contributed by atoms with Crippen LogP contribution < -0.4 is 15.6 Å². The first-order valence-electron chi connectivity index (χ1n) is 6.78. The zero-order chi connectivity index (χ0) is 16.7. The highest BCUT2D eigenvalue weighted by molar-refractivity contribution is 5.92. The molecule has 7 nitrogen and oxygen atoms in total. The van der Waals surface area contributed by atoms with Crippen molar-refractivity contribution < 1.29 is 27.9 Å². The second-order valence-electron chi connectivity index (χ2n) is 4.31. The summed E-state index contributed by atoms with van der Waals surface area (Å²) in [6.45, 7) is 1.90. The Kier molecular flexibility index (Phi) is 5.56. The molecule has 1 aromatic heterocycles. The molecule has 122 valence electrons. The second kappa shape index (κ2) is 7.83. The number of hydrogen-bond donors (Lipinski definition) is 2. The largest absolute Gasteiger partial charge is 0.486 e. The number of carbonyl (C=O) groups is 2. The Balaban J connectivity index is 1.83. The zero-order valence-electron chi connectivity index (χ0n) is 12.3. The lowest BCUT2D eigenvalue weighted by Gasteiger charge is -2.05. The maximum atomic E-state index is 12.8. The number of halogens is 1. The van der Waals surface area contributed by atoms with E-state index in [1.807, 2.05) is 0 Å². The number of rotatable bonds is 5. The van der Waals surface area contributed by atoms with Crippen molar-refractivity contribution in [1.82, 2.24) is 10.9 Å². The van der Waals surface area contributed by atoms with Crippen molar-refractivity contribution in [3.05, 3.63) is 53.7 Å². The topological polar surface area (TPSA) is 89.8 Å². The quantitative estimate of drug-likeness (QED) is 0.825. The van der Waals surface area contributed by atoms with Crippen LogP contribution >= 0.6 is 0 Å². The normalized spacial score (nSPS) is 10.0. The van der Waals surface area contributed by atoms with Crippen LogP contribution in [0, 0.1) is 5.82 Å². The first-order valence-corrected chi connectivity index (χ1v) is 6.78. The highest BCUT2D eigenvalue weighted by Crippen LogP contribution is 2.15. The van der Waals surface area contributed by atoms with E-state index >= 15 is 0 Å². The van der Waals surface area contributed by atoms with E-state index in [0.717, 1.165) is 0 Å². The van der Waals surface area contributed by atoms with E-state index in [1.54, 1.807) is 13.0 Å². The second-order valence-corrected chi connectivity index (χ2v) is 4.31. The molecule has 0 aliphatic rings. The molecular formula is C15H15FN2O5. The van der Waals surface area contributed by atoms with Crippen LogP contribution in [0.4, 0.5) is 9.18 Å². The third-order valence-electron chi connectivity index (χ3n) is 2.63. The molecule has 2 rings (SSSR count). The molecular weight excluding hydrogens is 307 g/mol. The smallest absolute Gasteiger partial charge is 0.426 e. The Labute approximate surface area is 131 Å². The number of amides is 2. The molecule has 0 saturated carbocycles. The fourth-order valence-electron chi connectivity index (χ4n) is 1.60. The third kappa shape index (κ3) is 5.03. The number of furan rings is 1. The van der Waals surface area contributed by atoms with Crippen LogP contribution in [0.25, 0.3) is 0 Å². The summed E-state index contributed by atoms with van der Waals surface area (Å²) in [5, 5.41) is 0. The van der Waals surface area contributed by atoms with Crippen LogP contribution in [0.15, 0.2) is 40.8 Å². The third-order valence-corrected chi connectivity index (χ3v) is 2.63. The fourth-order valence-corrected chi connectivity index (χ4v) is 1.60. The van der Waals surface area contributed by atoms with Crippen molar-refractivity contribution in [3.8, 4) is 5.75 Å². The van der Waals surface area contributed by atoms with E-state index in [0.29, 0.717) is 11.5 Å². The molecule has 2 aromatic rings. The summed E-state index contributed by atoms with van der Waals surface area (Å²) < 4.78 is 28.0. The predicted octanol–water partition coefficient (Wildman–Crippen LogP) is 2.39. The van der Waals surface area contributed by atoms with Crippen molar-refractivity contribution in [2.24, 2.45) is 0 Å². The van der Waals surface area contributed by atoms with Gasteiger partial charge in [0.2, 0.25) is 0 Å². The van der Waals surface area contributed by atoms with Crippen molar-refractivity contribution in [2.45, 2.75) is 13.5 Å². The minimum Gasteiger partial charge on any atom is -0.486 e. The van der Waals surface area contributed by atoms with Crippen LogP contribution in [-0.2, 0) is 11.3 Å². The molecule has 0 radical (unpaired) electrons. The van der Waals surface area contributed by atoms with Crippen molar-refractivity contribution >= 4 is 12.0 Å². The van der Waals surface area contributed by atoms with Crippen molar-refractivity contribution in [1.29, 1.82) is 0 Å². The van der Waals surface area contributed by atoms with E-state index < -0.39 is 12.0 Å². The molecule has 0 spiro atoms. The Morgan fingerprint density at radius 3 is 2.57 bits per heavy atom. The average molecular weight is 322 g/mol. The molecule has 2 N–H and O–H groups in total. The molecule has 0 bridgehead atoms. The first-order chi connectivity index (χ1) is 11.1. The summed E-state index contributed by atoms with van der Waals surface area (Å²) in [5.41, 5.74) is 4.20. The van der Waals surface area contributed by atoms with Crippen LogP contribution in [0.5, 0.6) is 5.75 Å². The van der Waals surface area contributed by atoms with Crippen LogP contribution in [0.3, 0.4) is 0 Å². The summed E-state index contributed by atoms with van der Waals surface area (Å²) in [6.07, 6.45) is -0.771. The molecule has 23 heavy (non-hydrogen) atoms. The number of carbonyl (C=O) groups excluding carboxylic acids is 2. The summed E-state index contributed by atoms with van der Waals surface area (Å²) in [6, 6.07) is 8.51. The fraction of sp³-hybridized carbons (Fsp3) is 0.200. The van der Waals surface area contributed by atoms with Crippen LogP contribution in [-0.4, -0.2) is 18.6 Å². The van der Waals surface area contributed by atoms with E-state index in [2.05, 4.69) is 15.6 Å². The Morgan fingerprint density at radius 2 is 1.87 bits per heavy atom. The maximum absolute atomic E-state index is 12.8. The number of benzene rings is 1. The molecule has 0 unspecified atom stereocenters. The Hall–Kier alpha value is -3.03. The van der Waals surface area contributed by atoms with Gasteiger partial charge >= 0.3 is 12.0 Å². The Morgan fingerprint density at radius 1 is 1.13 bits per heavy atom. The van der Waals surface area contributed by atoms with E-state index in [9.17, 15) is 14.0 Å². The standard InChI is InChI=1S/C15H15FN2O5/c1-2-21-15(20)18-17-14(19)13-8-7-12(23-13)9-22-11-5-3-10(16)4-6-11/h3-8H,2,9H2,1H3,(H,17,19)(H,18,20).